The van der Waals surface area contributed by atoms with Gasteiger partial charge in [-0.1, -0.05) is 12.1 Å². The summed E-state index contributed by atoms with van der Waals surface area (Å²) in [5.41, 5.74) is 6.74. The minimum atomic E-state index is -0.546. The third-order valence-corrected chi connectivity index (χ3v) is 3.09. The Morgan fingerprint density at radius 3 is 2.86 bits per heavy atom. The number of nitrogens with two attached hydrogens (primary N) is 1. The summed E-state index contributed by atoms with van der Waals surface area (Å²) in [5.74, 6) is -0.960. The average molecular weight is 292 g/mol. The van der Waals surface area contributed by atoms with Crippen molar-refractivity contribution in [2.45, 2.75) is 20.1 Å². The number of nitrogens with zero attached hydrogens (tertiary/aromatic N) is 1. The highest BCUT2D eigenvalue weighted by atomic mass is 19.1. The first kappa shape index (κ1) is 14.9. The first-order valence-electron chi connectivity index (χ1n) is 6.51. The van der Waals surface area contributed by atoms with Gasteiger partial charge in [-0.2, -0.15) is 0 Å². The Morgan fingerprint density at radius 1 is 1.43 bits per heavy atom. The van der Waals surface area contributed by atoms with Crippen LogP contribution in [0.1, 0.15) is 23.0 Å². The lowest BCUT2D eigenvalue weighted by Crippen LogP contribution is -2.11. The predicted octanol–water partition coefficient (Wildman–Crippen LogP) is 2.59. The number of halogens is 1. The molecule has 2 rings (SSSR count). The van der Waals surface area contributed by atoms with Gasteiger partial charge in [-0.05, 0) is 19.1 Å². The maximum absolute atomic E-state index is 13.9. The van der Waals surface area contributed by atoms with E-state index in [2.05, 4.69) is 0 Å². The van der Waals surface area contributed by atoms with Gasteiger partial charge in [0.2, 0.25) is 0 Å². The van der Waals surface area contributed by atoms with Crippen molar-refractivity contribution in [2.24, 2.45) is 0 Å². The summed E-state index contributed by atoms with van der Waals surface area (Å²) in [7, 11) is 1.38. The van der Waals surface area contributed by atoms with Crippen molar-refractivity contribution >= 4 is 11.7 Å². The molecule has 0 aliphatic rings. The maximum atomic E-state index is 13.9. The molecule has 2 aromatic rings. The molecular weight excluding hydrogens is 275 g/mol. The lowest BCUT2D eigenvalue weighted by Gasteiger charge is -2.09. The summed E-state index contributed by atoms with van der Waals surface area (Å²) in [6.07, 6.45) is 1.66. The Kier molecular flexibility index (Phi) is 4.47. The number of aromatic nitrogens is 1. The van der Waals surface area contributed by atoms with Gasteiger partial charge in [0.15, 0.2) is 11.6 Å². The quantitative estimate of drug-likeness (QED) is 0.860. The minimum absolute atomic E-state index is 0.115. The highest BCUT2D eigenvalue weighted by Gasteiger charge is 2.15. The van der Waals surface area contributed by atoms with Crippen molar-refractivity contribution in [3.8, 4) is 5.75 Å². The molecule has 1 aromatic heterocycles. The highest BCUT2D eigenvalue weighted by molar-refractivity contribution is 5.89. The zero-order valence-corrected chi connectivity index (χ0v) is 11.9. The van der Waals surface area contributed by atoms with Gasteiger partial charge < -0.3 is 19.8 Å². The van der Waals surface area contributed by atoms with Crippen molar-refractivity contribution in [1.29, 1.82) is 0 Å². The first-order chi connectivity index (χ1) is 10.1. The van der Waals surface area contributed by atoms with Crippen molar-refractivity contribution in [3.05, 3.63) is 47.5 Å². The molecule has 0 aliphatic heterocycles. The monoisotopic (exact) mass is 292 g/mol. The van der Waals surface area contributed by atoms with Crippen LogP contribution in [0.5, 0.6) is 5.75 Å². The molecule has 0 radical (unpaired) electrons. The van der Waals surface area contributed by atoms with Crippen LogP contribution in [0.2, 0.25) is 0 Å². The Hall–Kier alpha value is -2.50. The number of carbonyl (C=O) groups excluding carboxylic acids is 1. The summed E-state index contributed by atoms with van der Waals surface area (Å²) in [5, 5.41) is 0. The fourth-order valence-corrected chi connectivity index (χ4v) is 2.01. The molecule has 1 aromatic carbocycles. The van der Waals surface area contributed by atoms with Gasteiger partial charge >= 0.3 is 5.97 Å². The highest BCUT2D eigenvalue weighted by Crippen LogP contribution is 2.21. The third kappa shape index (κ3) is 3.16. The van der Waals surface area contributed by atoms with Crippen LogP contribution in [0.3, 0.4) is 0 Å². The van der Waals surface area contributed by atoms with Crippen molar-refractivity contribution < 1.29 is 18.7 Å². The zero-order chi connectivity index (χ0) is 15.4. The number of nitrogen functional groups attached to an aromatic ring is 1. The Labute approximate surface area is 122 Å². The zero-order valence-electron chi connectivity index (χ0n) is 11.9. The van der Waals surface area contributed by atoms with E-state index in [1.807, 2.05) is 6.92 Å². The number of methoxy groups -OCH3 is 1. The van der Waals surface area contributed by atoms with E-state index in [1.165, 1.54) is 19.2 Å². The minimum Gasteiger partial charge on any atom is -0.494 e. The number of aryl methyl sites for hydroxylation is 1. The number of hydrogen-bond acceptors (Lipinski definition) is 4. The normalized spacial score (nSPS) is 10.4. The summed E-state index contributed by atoms with van der Waals surface area (Å²) in [4.78, 5) is 12.0. The molecule has 5 nitrogen and oxygen atoms in total. The number of hydrogen-bond donors (Lipinski definition) is 1. The van der Waals surface area contributed by atoms with Gasteiger partial charge in [-0.15, -0.1) is 0 Å². The van der Waals surface area contributed by atoms with E-state index in [0.29, 0.717) is 17.9 Å². The fourth-order valence-electron chi connectivity index (χ4n) is 2.01. The second-order valence-corrected chi connectivity index (χ2v) is 4.45. The van der Waals surface area contributed by atoms with Crippen LogP contribution in [0.25, 0.3) is 0 Å². The lowest BCUT2D eigenvalue weighted by molar-refractivity contribution is 0.0456. The van der Waals surface area contributed by atoms with Gasteiger partial charge in [0.05, 0.1) is 12.8 Å². The summed E-state index contributed by atoms with van der Waals surface area (Å²) in [6.45, 7) is 2.31. The van der Waals surface area contributed by atoms with E-state index in [1.54, 1.807) is 22.9 Å². The summed E-state index contributed by atoms with van der Waals surface area (Å²) < 4.78 is 25.6. The summed E-state index contributed by atoms with van der Waals surface area (Å²) >= 11 is 0. The Bertz CT molecular complexity index is 652. The molecule has 0 saturated carbocycles. The van der Waals surface area contributed by atoms with E-state index in [0.717, 1.165) is 0 Å². The summed E-state index contributed by atoms with van der Waals surface area (Å²) in [6, 6.07) is 6.22. The van der Waals surface area contributed by atoms with Gasteiger partial charge in [-0.25, -0.2) is 9.18 Å². The number of rotatable bonds is 5. The molecule has 112 valence electrons. The van der Waals surface area contributed by atoms with Gasteiger partial charge in [-0.3, -0.25) is 0 Å². The predicted molar refractivity (Wildman–Crippen MR) is 76.6 cm³/mol. The molecule has 2 N–H and O–H groups in total. The molecule has 0 spiro atoms. The van der Waals surface area contributed by atoms with Crippen LogP contribution in [-0.2, 0) is 17.9 Å². The number of carbonyl (C=O) groups is 1. The van der Waals surface area contributed by atoms with E-state index in [9.17, 15) is 9.18 Å². The average Bonchev–Trinajstić information content (AvgIpc) is 2.87. The topological polar surface area (TPSA) is 66.5 Å². The number of ether oxygens (including phenoxy) is 2. The number of esters is 1. The molecule has 0 amide bonds. The fraction of sp³-hybridized carbons (Fsp3) is 0.267. The van der Waals surface area contributed by atoms with Gasteiger partial charge in [0, 0.05) is 18.3 Å². The molecule has 0 fully saturated rings. The Balaban J connectivity index is 2.11. The van der Waals surface area contributed by atoms with Gasteiger partial charge in [0.1, 0.15) is 12.3 Å². The first-order valence-corrected chi connectivity index (χ1v) is 6.51. The second kappa shape index (κ2) is 6.30. The van der Waals surface area contributed by atoms with Crippen LogP contribution in [0.15, 0.2) is 30.5 Å². The molecule has 0 saturated heterocycles. The molecule has 0 unspecified atom stereocenters. The maximum Gasteiger partial charge on any atom is 0.355 e. The molecule has 0 aliphatic carbocycles. The van der Waals surface area contributed by atoms with E-state index < -0.39 is 11.8 Å². The number of benzene rings is 1. The van der Waals surface area contributed by atoms with E-state index in [-0.39, 0.29) is 17.9 Å². The molecule has 0 bridgehead atoms. The standard InChI is InChI=1S/C15H17FN2O3/c1-3-18-8-11(17)7-12(18)15(19)21-9-10-5-4-6-13(20-2)14(10)16/h4-8H,3,9,17H2,1-2H3. The van der Waals surface area contributed by atoms with E-state index >= 15 is 0 Å². The molecule has 1 heterocycles. The third-order valence-electron chi connectivity index (χ3n) is 3.09. The van der Waals surface area contributed by atoms with Crippen molar-refractivity contribution in [3.63, 3.8) is 0 Å². The van der Waals surface area contributed by atoms with Crippen LogP contribution < -0.4 is 10.5 Å². The van der Waals surface area contributed by atoms with Crippen LogP contribution in [-0.4, -0.2) is 17.6 Å². The van der Waals surface area contributed by atoms with Crippen LogP contribution in [0, 0.1) is 5.82 Å². The van der Waals surface area contributed by atoms with Gasteiger partial charge in [0.25, 0.3) is 0 Å². The van der Waals surface area contributed by atoms with Crippen molar-refractivity contribution in [1.82, 2.24) is 4.57 Å². The largest absolute Gasteiger partial charge is 0.494 e. The Morgan fingerprint density at radius 2 is 2.19 bits per heavy atom. The van der Waals surface area contributed by atoms with Crippen molar-refractivity contribution in [2.75, 3.05) is 12.8 Å². The SMILES string of the molecule is CCn1cc(N)cc1C(=O)OCc1cccc(OC)c1F. The molecular formula is C15H17FN2O3. The lowest BCUT2D eigenvalue weighted by atomic mass is 10.2. The van der Waals surface area contributed by atoms with Crippen LogP contribution in [0.4, 0.5) is 10.1 Å². The molecule has 0 atom stereocenters. The van der Waals surface area contributed by atoms with Crippen LogP contribution >= 0.6 is 0 Å². The molecule has 6 heteroatoms. The second-order valence-electron chi connectivity index (χ2n) is 4.45. The number of anilines is 1. The smallest absolute Gasteiger partial charge is 0.355 e. The molecule has 21 heavy (non-hydrogen) atoms. The van der Waals surface area contributed by atoms with E-state index in [4.69, 9.17) is 15.2 Å².